The zero-order valence-corrected chi connectivity index (χ0v) is 15.9. The standard InChI is InChI=1S/C18H19ClN2O4S/c1-12(13-7-9-14(10-8-13)26(2,24)25)21-17(22)11-20-18(23)15-5-3-4-6-16(15)19/h3-10,12H,11H2,1-2H3,(H,20,23)(H,21,22). The maximum Gasteiger partial charge on any atom is 0.253 e. The van der Waals surface area contributed by atoms with Crippen molar-refractivity contribution in [2.24, 2.45) is 0 Å². The van der Waals surface area contributed by atoms with Crippen LogP contribution in [0.25, 0.3) is 0 Å². The molecule has 0 heterocycles. The monoisotopic (exact) mass is 394 g/mol. The van der Waals surface area contributed by atoms with Gasteiger partial charge in [-0.1, -0.05) is 35.9 Å². The van der Waals surface area contributed by atoms with Gasteiger partial charge in [-0.15, -0.1) is 0 Å². The topological polar surface area (TPSA) is 92.3 Å². The average Bonchev–Trinajstić information content (AvgIpc) is 2.59. The summed E-state index contributed by atoms with van der Waals surface area (Å²) in [6, 6.07) is 12.5. The highest BCUT2D eigenvalue weighted by Gasteiger charge is 2.14. The molecule has 6 nitrogen and oxygen atoms in total. The summed E-state index contributed by atoms with van der Waals surface area (Å²) in [6.07, 6.45) is 1.13. The average molecular weight is 395 g/mol. The van der Waals surface area contributed by atoms with E-state index in [-0.39, 0.29) is 23.4 Å². The third-order valence-electron chi connectivity index (χ3n) is 3.71. The molecule has 1 atom stereocenters. The van der Waals surface area contributed by atoms with Crippen molar-refractivity contribution in [3.63, 3.8) is 0 Å². The van der Waals surface area contributed by atoms with Crippen molar-refractivity contribution in [1.29, 1.82) is 0 Å². The van der Waals surface area contributed by atoms with Gasteiger partial charge >= 0.3 is 0 Å². The summed E-state index contributed by atoms with van der Waals surface area (Å²) in [4.78, 5) is 24.3. The zero-order chi connectivity index (χ0) is 19.3. The number of sulfone groups is 1. The van der Waals surface area contributed by atoms with E-state index in [0.717, 1.165) is 11.8 Å². The fraction of sp³-hybridized carbons (Fsp3) is 0.222. The third-order valence-corrected chi connectivity index (χ3v) is 5.17. The van der Waals surface area contributed by atoms with Crippen molar-refractivity contribution >= 4 is 33.3 Å². The van der Waals surface area contributed by atoms with Crippen LogP contribution in [0.5, 0.6) is 0 Å². The Labute approximate surface area is 157 Å². The molecule has 0 aliphatic heterocycles. The molecular weight excluding hydrogens is 376 g/mol. The van der Waals surface area contributed by atoms with Crippen molar-refractivity contribution in [2.45, 2.75) is 17.9 Å². The maximum absolute atomic E-state index is 12.0. The second-order valence-electron chi connectivity index (χ2n) is 5.79. The fourth-order valence-electron chi connectivity index (χ4n) is 2.28. The SMILES string of the molecule is CC(NC(=O)CNC(=O)c1ccccc1Cl)c1ccc(S(C)(=O)=O)cc1. The summed E-state index contributed by atoms with van der Waals surface area (Å²) in [7, 11) is -3.26. The summed E-state index contributed by atoms with van der Waals surface area (Å²) in [5.74, 6) is -0.805. The van der Waals surface area contributed by atoms with E-state index in [1.807, 2.05) is 0 Å². The van der Waals surface area contributed by atoms with Crippen LogP contribution in [-0.2, 0) is 14.6 Å². The number of nitrogens with one attached hydrogen (secondary N) is 2. The lowest BCUT2D eigenvalue weighted by atomic mass is 10.1. The van der Waals surface area contributed by atoms with Crippen molar-refractivity contribution in [3.8, 4) is 0 Å². The van der Waals surface area contributed by atoms with Gasteiger partial charge in [0.15, 0.2) is 9.84 Å². The summed E-state index contributed by atoms with van der Waals surface area (Å²) < 4.78 is 22.9. The van der Waals surface area contributed by atoms with Crippen LogP contribution >= 0.6 is 11.6 Å². The number of carbonyl (C=O) groups excluding carboxylic acids is 2. The molecule has 2 N–H and O–H groups in total. The van der Waals surface area contributed by atoms with Gasteiger partial charge in [0.2, 0.25) is 5.91 Å². The van der Waals surface area contributed by atoms with Gasteiger partial charge in [0.1, 0.15) is 0 Å². The molecule has 0 bridgehead atoms. The largest absolute Gasteiger partial charge is 0.348 e. The first-order chi connectivity index (χ1) is 12.2. The van der Waals surface area contributed by atoms with Crippen LogP contribution in [0, 0.1) is 0 Å². The van der Waals surface area contributed by atoms with Crippen molar-refractivity contribution in [3.05, 3.63) is 64.7 Å². The van der Waals surface area contributed by atoms with Gasteiger partial charge in [0.25, 0.3) is 5.91 Å². The quantitative estimate of drug-likeness (QED) is 0.786. The highest BCUT2D eigenvalue weighted by atomic mass is 35.5. The second-order valence-corrected chi connectivity index (χ2v) is 8.22. The Morgan fingerprint density at radius 1 is 1.08 bits per heavy atom. The van der Waals surface area contributed by atoms with Gasteiger partial charge in [0.05, 0.1) is 28.1 Å². The van der Waals surface area contributed by atoms with Crippen LogP contribution in [0.15, 0.2) is 53.4 Å². The fourth-order valence-corrected chi connectivity index (χ4v) is 3.13. The van der Waals surface area contributed by atoms with Gasteiger partial charge < -0.3 is 10.6 Å². The van der Waals surface area contributed by atoms with Gasteiger partial charge in [0, 0.05) is 6.26 Å². The van der Waals surface area contributed by atoms with E-state index in [4.69, 9.17) is 11.6 Å². The molecule has 0 saturated heterocycles. The Kier molecular flexibility index (Phi) is 6.39. The normalized spacial score (nSPS) is 12.3. The molecule has 2 rings (SSSR count). The van der Waals surface area contributed by atoms with Crippen LogP contribution in [0.3, 0.4) is 0 Å². The number of benzene rings is 2. The van der Waals surface area contributed by atoms with Crippen LogP contribution < -0.4 is 10.6 Å². The van der Waals surface area contributed by atoms with Crippen molar-refractivity contribution in [1.82, 2.24) is 10.6 Å². The summed E-state index contributed by atoms with van der Waals surface area (Å²) in [5.41, 5.74) is 1.05. The molecule has 1 unspecified atom stereocenters. The van der Waals surface area contributed by atoms with E-state index in [1.54, 1.807) is 43.3 Å². The van der Waals surface area contributed by atoms with E-state index >= 15 is 0 Å². The highest BCUT2D eigenvalue weighted by molar-refractivity contribution is 7.90. The number of carbonyl (C=O) groups is 2. The lowest BCUT2D eigenvalue weighted by molar-refractivity contribution is -0.120. The maximum atomic E-state index is 12.0. The van der Waals surface area contributed by atoms with Gasteiger partial charge in [-0.25, -0.2) is 8.42 Å². The van der Waals surface area contributed by atoms with E-state index in [1.165, 1.54) is 12.1 Å². The van der Waals surface area contributed by atoms with Crippen molar-refractivity contribution in [2.75, 3.05) is 12.8 Å². The second kappa shape index (κ2) is 8.33. The summed E-state index contributed by atoms with van der Waals surface area (Å²) in [6.45, 7) is 1.57. The molecule has 26 heavy (non-hydrogen) atoms. The molecule has 8 heteroatoms. The van der Waals surface area contributed by atoms with Crippen LogP contribution in [-0.4, -0.2) is 33.0 Å². The molecule has 0 spiro atoms. The molecule has 0 aliphatic carbocycles. The van der Waals surface area contributed by atoms with Gasteiger partial charge in [-0.3, -0.25) is 9.59 Å². The van der Waals surface area contributed by atoms with E-state index in [0.29, 0.717) is 10.6 Å². The van der Waals surface area contributed by atoms with E-state index in [2.05, 4.69) is 10.6 Å². The van der Waals surface area contributed by atoms with Crippen molar-refractivity contribution < 1.29 is 18.0 Å². The molecule has 0 aliphatic rings. The Bertz CT molecular complexity index is 911. The number of hydrogen-bond acceptors (Lipinski definition) is 4. The zero-order valence-electron chi connectivity index (χ0n) is 14.3. The Morgan fingerprint density at radius 2 is 1.69 bits per heavy atom. The smallest absolute Gasteiger partial charge is 0.253 e. The minimum absolute atomic E-state index is 0.199. The minimum Gasteiger partial charge on any atom is -0.348 e. The number of rotatable bonds is 6. The summed E-state index contributed by atoms with van der Waals surface area (Å²) >= 11 is 5.94. The number of halogens is 1. The van der Waals surface area contributed by atoms with Gasteiger partial charge in [-0.05, 0) is 36.8 Å². The molecule has 0 aromatic heterocycles. The highest BCUT2D eigenvalue weighted by Crippen LogP contribution is 2.16. The Morgan fingerprint density at radius 3 is 2.27 bits per heavy atom. The number of amides is 2. The molecule has 0 fully saturated rings. The Hall–Kier alpha value is -2.38. The van der Waals surface area contributed by atoms with E-state index in [9.17, 15) is 18.0 Å². The number of hydrogen-bond donors (Lipinski definition) is 2. The first-order valence-corrected chi connectivity index (χ1v) is 10.1. The lowest BCUT2D eigenvalue weighted by Crippen LogP contribution is -2.38. The Balaban J connectivity index is 1.91. The van der Waals surface area contributed by atoms with Crippen LogP contribution in [0.1, 0.15) is 28.9 Å². The van der Waals surface area contributed by atoms with Gasteiger partial charge in [-0.2, -0.15) is 0 Å². The first kappa shape index (κ1) is 19.9. The summed E-state index contributed by atoms with van der Waals surface area (Å²) in [5, 5.41) is 5.56. The molecule has 2 aromatic rings. The minimum atomic E-state index is -3.26. The third kappa shape index (κ3) is 5.31. The lowest BCUT2D eigenvalue weighted by Gasteiger charge is -2.15. The van der Waals surface area contributed by atoms with Crippen LogP contribution in [0.4, 0.5) is 0 Å². The molecule has 2 amide bonds. The van der Waals surface area contributed by atoms with Crippen LogP contribution in [0.2, 0.25) is 5.02 Å². The molecule has 138 valence electrons. The van der Waals surface area contributed by atoms with E-state index < -0.39 is 15.7 Å². The first-order valence-electron chi connectivity index (χ1n) is 7.80. The predicted molar refractivity (Wildman–Crippen MR) is 99.9 cm³/mol. The molecule has 0 saturated carbocycles. The molecular formula is C18H19ClN2O4S. The predicted octanol–water partition coefficient (Wildman–Crippen LogP) is 2.35. The molecule has 2 aromatic carbocycles. The molecule has 0 radical (unpaired) electrons.